The smallest absolute Gasteiger partial charge is 0.244 e. The molecule has 0 aromatic heterocycles. The molecule has 4 rings (SSSR count). The summed E-state index contributed by atoms with van der Waals surface area (Å²) in [5.74, 6) is 1.06. The molecule has 1 N–H and O–H groups in total. The predicted molar refractivity (Wildman–Crippen MR) is 144 cm³/mol. The third-order valence-electron chi connectivity index (χ3n) is 5.78. The van der Waals surface area contributed by atoms with Crippen molar-refractivity contribution in [3.8, 4) is 11.5 Å². The van der Waals surface area contributed by atoms with Crippen molar-refractivity contribution in [1.82, 2.24) is 4.72 Å². The van der Waals surface area contributed by atoms with E-state index in [1.54, 1.807) is 36.4 Å². The van der Waals surface area contributed by atoms with Crippen LogP contribution in [0.25, 0.3) is 0 Å². The normalized spacial score (nSPS) is 15.6. The first-order valence-corrected chi connectivity index (χ1v) is 13.6. The Morgan fingerprint density at radius 2 is 1.83 bits per heavy atom. The van der Waals surface area contributed by atoms with Gasteiger partial charge in [0.2, 0.25) is 10.0 Å². The van der Waals surface area contributed by atoms with Crippen LogP contribution in [-0.2, 0) is 10.0 Å². The van der Waals surface area contributed by atoms with Gasteiger partial charge in [-0.3, -0.25) is 5.01 Å². The lowest BCUT2D eigenvalue weighted by molar-refractivity contribution is 0.340. The second kappa shape index (κ2) is 11.1. The summed E-state index contributed by atoms with van der Waals surface area (Å²) >= 11 is 12.6. The standard InChI is InChI=1S/C26H27Cl2N3O4S/c1-4-35-21-9-6-18(7-10-21)24-15-20(30-31(24)23-11-8-19(27)14-22(23)28)16-29-36(32,33)26-13-17(2)5-12-25(26)34-3/h5-14,24,29H,4,15-16H2,1-3H3/t24-/m0/s1. The summed E-state index contributed by atoms with van der Waals surface area (Å²) in [5.41, 5.74) is 3.15. The van der Waals surface area contributed by atoms with Crippen molar-refractivity contribution >= 4 is 44.6 Å². The van der Waals surface area contributed by atoms with Crippen molar-refractivity contribution in [2.45, 2.75) is 31.2 Å². The number of hydrogen-bond donors (Lipinski definition) is 1. The third-order valence-corrected chi connectivity index (χ3v) is 7.74. The van der Waals surface area contributed by atoms with Crippen molar-refractivity contribution < 1.29 is 17.9 Å². The van der Waals surface area contributed by atoms with E-state index in [1.807, 2.05) is 43.1 Å². The number of hydrazone groups is 1. The topological polar surface area (TPSA) is 80.2 Å². The Kier molecular flexibility index (Phi) is 8.10. The highest BCUT2D eigenvalue weighted by Gasteiger charge is 2.31. The Balaban J connectivity index is 1.62. The van der Waals surface area contributed by atoms with E-state index >= 15 is 0 Å². The van der Waals surface area contributed by atoms with Crippen molar-refractivity contribution in [2.75, 3.05) is 25.3 Å². The average Bonchev–Trinajstić information content (AvgIpc) is 3.27. The van der Waals surface area contributed by atoms with Gasteiger partial charge in [-0.1, -0.05) is 41.4 Å². The van der Waals surface area contributed by atoms with Gasteiger partial charge in [-0.05, 0) is 67.4 Å². The zero-order valence-electron chi connectivity index (χ0n) is 20.2. The zero-order chi connectivity index (χ0) is 25.9. The van der Waals surface area contributed by atoms with Crippen LogP contribution in [0.3, 0.4) is 0 Å². The van der Waals surface area contributed by atoms with Gasteiger partial charge in [0.05, 0.1) is 42.7 Å². The van der Waals surface area contributed by atoms with E-state index in [9.17, 15) is 8.42 Å². The zero-order valence-corrected chi connectivity index (χ0v) is 22.5. The second-order valence-electron chi connectivity index (χ2n) is 8.31. The van der Waals surface area contributed by atoms with E-state index in [2.05, 4.69) is 4.72 Å². The Morgan fingerprint density at radius 3 is 2.50 bits per heavy atom. The summed E-state index contributed by atoms with van der Waals surface area (Å²) in [4.78, 5) is 0.0873. The Hall–Kier alpha value is -2.78. The molecule has 1 aliphatic heterocycles. The van der Waals surface area contributed by atoms with Crippen LogP contribution in [-0.4, -0.2) is 34.4 Å². The minimum atomic E-state index is -3.84. The van der Waals surface area contributed by atoms with E-state index < -0.39 is 10.0 Å². The van der Waals surface area contributed by atoms with E-state index in [-0.39, 0.29) is 23.2 Å². The van der Waals surface area contributed by atoms with E-state index in [0.29, 0.717) is 34.5 Å². The number of hydrogen-bond acceptors (Lipinski definition) is 6. The van der Waals surface area contributed by atoms with Gasteiger partial charge in [0, 0.05) is 11.4 Å². The highest BCUT2D eigenvalue weighted by Crippen LogP contribution is 2.40. The van der Waals surface area contributed by atoms with Crippen LogP contribution in [0, 0.1) is 6.92 Å². The summed E-state index contributed by atoms with van der Waals surface area (Å²) in [6.45, 7) is 4.38. The SMILES string of the molecule is CCOc1ccc([C@@H]2CC(CNS(=O)(=O)c3cc(C)ccc3OC)=NN2c2ccc(Cl)cc2Cl)cc1. The lowest BCUT2D eigenvalue weighted by atomic mass is 10.0. The molecule has 36 heavy (non-hydrogen) atoms. The molecule has 0 radical (unpaired) electrons. The fraction of sp³-hybridized carbons (Fsp3) is 0.269. The molecule has 0 aliphatic carbocycles. The molecule has 190 valence electrons. The molecule has 0 unspecified atom stereocenters. The molecular weight excluding hydrogens is 521 g/mol. The van der Waals surface area contributed by atoms with Crippen molar-refractivity contribution in [3.05, 3.63) is 81.8 Å². The maximum atomic E-state index is 13.1. The van der Waals surface area contributed by atoms with Crippen molar-refractivity contribution in [2.24, 2.45) is 5.10 Å². The molecule has 1 aliphatic rings. The Bertz CT molecular complexity index is 1380. The van der Waals surface area contributed by atoms with E-state index in [1.165, 1.54) is 7.11 Å². The molecule has 0 amide bonds. The molecule has 1 atom stereocenters. The number of rotatable bonds is 9. The minimum Gasteiger partial charge on any atom is -0.495 e. The van der Waals surface area contributed by atoms with Crippen LogP contribution < -0.4 is 19.2 Å². The molecule has 10 heteroatoms. The minimum absolute atomic E-state index is 0.0364. The molecule has 0 fully saturated rings. The molecule has 7 nitrogen and oxygen atoms in total. The maximum absolute atomic E-state index is 13.1. The summed E-state index contributed by atoms with van der Waals surface area (Å²) < 4.78 is 39.7. The number of ether oxygens (including phenoxy) is 2. The molecule has 0 saturated heterocycles. The second-order valence-corrected chi connectivity index (χ2v) is 10.9. The van der Waals surface area contributed by atoms with Gasteiger partial charge in [0.15, 0.2) is 0 Å². The summed E-state index contributed by atoms with van der Waals surface area (Å²) in [6, 6.07) is 17.8. The van der Waals surface area contributed by atoms with Gasteiger partial charge in [0.25, 0.3) is 0 Å². The van der Waals surface area contributed by atoms with E-state index in [4.69, 9.17) is 37.8 Å². The molecule has 0 saturated carbocycles. The Morgan fingerprint density at radius 1 is 1.08 bits per heavy atom. The van der Waals surface area contributed by atoms with E-state index in [0.717, 1.165) is 16.9 Å². The van der Waals surface area contributed by atoms with Crippen LogP contribution in [0.5, 0.6) is 11.5 Å². The molecule has 0 bridgehead atoms. The van der Waals surface area contributed by atoms with Gasteiger partial charge in [-0.2, -0.15) is 5.10 Å². The number of anilines is 1. The predicted octanol–water partition coefficient (Wildman–Crippen LogP) is 6.00. The van der Waals surface area contributed by atoms with Gasteiger partial charge in [-0.15, -0.1) is 0 Å². The molecule has 3 aromatic carbocycles. The summed E-state index contributed by atoms with van der Waals surface area (Å²) in [5, 5.41) is 7.54. The number of methoxy groups -OCH3 is 1. The van der Waals surface area contributed by atoms with Crippen LogP contribution in [0.15, 0.2) is 70.7 Å². The fourth-order valence-corrected chi connectivity index (χ4v) is 5.80. The number of halogens is 2. The lowest BCUT2D eigenvalue weighted by Gasteiger charge is -2.25. The number of aryl methyl sites for hydroxylation is 1. The van der Waals surface area contributed by atoms with Crippen LogP contribution >= 0.6 is 23.2 Å². The maximum Gasteiger partial charge on any atom is 0.244 e. The number of nitrogens with one attached hydrogen (secondary N) is 1. The first-order valence-electron chi connectivity index (χ1n) is 11.4. The Labute approximate surface area is 221 Å². The first kappa shape index (κ1) is 26.3. The number of benzene rings is 3. The average molecular weight is 548 g/mol. The lowest BCUT2D eigenvalue weighted by Crippen LogP contribution is -2.29. The highest BCUT2D eigenvalue weighted by atomic mass is 35.5. The molecular formula is C26H27Cl2N3O4S. The highest BCUT2D eigenvalue weighted by molar-refractivity contribution is 7.89. The molecule has 3 aromatic rings. The molecule has 1 heterocycles. The largest absolute Gasteiger partial charge is 0.495 e. The van der Waals surface area contributed by atoms with Gasteiger partial charge in [0.1, 0.15) is 16.4 Å². The van der Waals surface area contributed by atoms with Gasteiger partial charge < -0.3 is 9.47 Å². The number of nitrogens with zero attached hydrogens (tertiary/aromatic N) is 2. The quantitative estimate of drug-likeness (QED) is 0.355. The van der Waals surface area contributed by atoms with Gasteiger partial charge in [-0.25, -0.2) is 13.1 Å². The number of sulfonamides is 1. The van der Waals surface area contributed by atoms with Crippen LogP contribution in [0.4, 0.5) is 5.69 Å². The fourth-order valence-electron chi connectivity index (χ4n) is 4.03. The first-order chi connectivity index (χ1) is 17.2. The summed E-state index contributed by atoms with van der Waals surface area (Å²) in [6.07, 6.45) is 0.500. The summed E-state index contributed by atoms with van der Waals surface area (Å²) in [7, 11) is -2.39. The molecule has 0 spiro atoms. The monoisotopic (exact) mass is 547 g/mol. The van der Waals surface area contributed by atoms with Crippen molar-refractivity contribution in [3.63, 3.8) is 0 Å². The van der Waals surface area contributed by atoms with Gasteiger partial charge >= 0.3 is 0 Å². The van der Waals surface area contributed by atoms with Crippen LogP contribution in [0.1, 0.15) is 30.5 Å². The van der Waals surface area contributed by atoms with Crippen molar-refractivity contribution in [1.29, 1.82) is 0 Å². The third kappa shape index (κ3) is 5.78. The van der Waals surface area contributed by atoms with Crippen LogP contribution in [0.2, 0.25) is 10.0 Å².